The van der Waals surface area contributed by atoms with Crippen molar-refractivity contribution in [3.63, 3.8) is 0 Å². The molecule has 0 atom stereocenters. The first-order valence-corrected chi connectivity index (χ1v) is 4.86. The maximum absolute atomic E-state index is 8.80. The Balaban J connectivity index is 2.21. The maximum Gasteiger partial charge on any atom is 0.0607 e. The molecule has 0 aromatic heterocycles. The summed E-state index contributed by atoms with van der Waals surface area (Å²) in [6, 6.07) is 9.93. The van der Waals surface area contributed by atoms with E-state index in [9.17, 15) is 0 Å². The predicted molar refractivity (Wildman–Crippen MR) is 56.1 cm³/mol. The van der Waals surface area contributed by atoms with Crippen LogP contribution in [0.5, 0.6) is 0 Å². The van der Waals surface area contributed by atoms with Crippen molar-refractivity contribution < 1.29 is 10.2 Å². The molecule has 78 valence electrons. The molecule has 0 saturated carbocycles. The van der Waals surface area contributed by atoms with Gasteiger partial charge in [-0.25, -0.2) is 0 Å². The minimum atomic E-state index is -0.196. The topological polar surface area (TPSA) is 52.5 Å². The number of aliphatic hydroxyl groups is 2. The third-order valence-corrected chi connectivity index (χ3v) is 2.13. The molecule has 0 fully saturated rings. The number of rotatable bonds is 6. The van der Waals surface area contributed by atoms with Crippen LogP contribution in [0.3, 0.4) is 0 Å². The highest BCUT2D eigenvalue weighted by Crippen LogP contribution is 1.98. The molecule has 0 spiro atoms. The van der Waals surface area contributed by atoms with Crippen LogP contribution in [0.15, 0.2) is 30.3 Å². The van der Waals surface area contributed by atoms with Crippen LogP contribution >= 0.6 is 0 Å². The first-order chi connectivity index (χ1) is 6.86. The van der Waals surface area contributed by atoms with Gasteiger partial charge in [0.25, 0.3) is 0 Å². The number of nitrogens with one attached hydrogen (secondary N) is 1. The second-order valence-corrected chi connectivity index (χ2v) is 3.25. The molecule has 0 aliphatic rings. The first kappa shape index (κ1) is 11.2. The summed E-state index contributed by atoms with van der Waals surface area (Å²) in [5.74, 6) is 0. The normalized spacial score (nSPS) is 10.8. The second-order valence-electron chi connectivity index (χ2n) is 3.25. The summed E-state index contributed by atoms with van der Waals surface area (Å²) >= 11 is 0. The van der Waals surface area contributed by atoms with E-state index < -0.39 is 0 Å². The van der Waals surface area contributed by atoms with Crippen molar-refractivity contribution in [3.05, 3.63) is 35.9 Å². The van der Waals surface area contributed by atoms with Crippen molar-refractivity contribution >= 4 is 0 Å². The van der Waals surface area contributed by atoms with E-state index in [1.807, 2.05) is 18.2 Å². The second kappa shape index (κ2) is 6.54. The molecule has 14 heavy (non-hydrogen) atoms. The van der Waals surface area contributed by atoms with E-state index in [1.165, 1.54) is 5.56 Å². The molecule has 0 bridgehead atoms. The number of hydrogen-bond acceptors (Lipinski definition) is 3. The Morgan fingerprint density at radius 1 is 1.07 bits per heavy atom. The molecule has 0 aliphatic heterocycles. The largest absolute Gasteiger partial charge is 0.395 e. The zero-order valence-electron chi connectivity index (χ0n) is 8.19. The fourth-order valence-corrected chi connectivity index (χ4v) is 1.25. The molecule has 0 heterocycles. The van der Waals surface area contributed by atoms with Gasteiger partial charge in [0.15, 0.2) is 0 Å². The number of aliphatic hydroxyl groups excluding tert-OH is 2. The van der Waals surface area contributed by atoms with Gasteiger partial charge >= 0.3 is 0 Å². The van der Waals surface area contributed by atoms with Gasteiger partial charge in [-0.15, -0.1) is 0 Å². The fourth-order valence-electron chi connectivity index (χ4n) is 1.25. The standard InChI is InChI=1S/C11H17NO2/c13-8-11(9-14)12-7-6-10-4-2-1-3-5-10/h1-5,11-14H,6-9H2. The molecule has 0 aliphatic carbocycles. The van der Waals surface area contributed by atoms with Gasteiger partial charge in [0, 0.05) is 0 Å². The van der Waals surface area contributed by atoms with Crippen LogP contribution in [-0.4, -0.2) is 36.0 Å². The van der Waals surface area contributed by atoms with Crippen LogP contribution in [-0.2, 0) is 6.42 Å². The van der Waals surface area contributed by atoms with E-state index in [2.05, 4.69) is 17.4 Å². The monoisotopic (exact) mass is 195 g/mol. The van der Waals surface area contributed by atoms with E-state index in [0.717, 1.165) is 13.0 Å². The lowest BCUT2D eigenvalue weighted by molar-refractivity contribution is 0.171. The zero-order chi connectivity index (χ0) is 10.2. The van der Waals surface area contributed by atoms with Crippen LogP contribution in [0.2, 0.25) is 0 Å². The quantitative estimate of drug-likeness (QED) is 0.606. The molecule has 3 heteroatoms. The van der Waals surface area contributed by atoms with E-state index in [0.29, 0.717) is 0 Å². The van der Waals surface area contributed by atoms with Gasteiger partial charge < -0.3 is 15.5 Å². The van der Waals surface area contributed by atoms with Gasteiger partial charge in [-0.05, 0) is 18.5 Å². The minimum Gasteiger partial charge on any atom is -0.395 e. The minimum absolute atomic E-state index is 0.0225. The molecule has 0 unspecified atom stereocenters. The molecular formula is C11H17NO2. The van der Waals surface area contributed by atoms with E-state index in [-0.39, 0.29) is 19.3 Å². The molecule has 1 rings (SSSR count). The van der Waals surface area contributed by atoms with Gasteiger partial charge in [0.1, 0.15) is 0 Å². The Hall–Kier alpha value is -0.900. The predicted octanol–water partition coefficient (Wildman–Crippen LogP) is 0.172. The van der Waals surface area contributed by atoms with E-state index >= 15 is 0 Å². The first-order valence-electron chi connectivity index (χ1n) is 4.86. The summed E-state index contributed by atoms with van der Waals surface area (Å²) in [4.78, 5) is 0. The van der Waals surface area contributed by atoms with E-state index in [1.54, 1.807) is 0 Å². The van der Waals surface area contributed by atoms with Crippen LogP contribution in [0.4, 0.5) is 0 Å². The summed E-state index contributed by atoms with van der Waals surface area (Å²) in [6.07, 6.45) is 0.914. The molecule has 3 N–H and O–H groups in total. The molecule has 0 amide bonds. The Kier molecular flexibility index (Phi) is 5.22. The Labute approximate surface area is 84.4 Å². The lowest BCUT2D eigenvalue weighted by Crippen LogP contribution is -2.36. The van der Waals surface area contributed by atoms with Crippen LogP contribution in [0.1, 0.15) is 5.56 Å². The van der Waals surface area contributed by atoms with Gasteiger partial charge in [0.2, 0.25) is 0 Å². The highest BCUT2D eigenvalue weighted by molar-refractivity contribution is 5.14. The zero-order valence-corrected chi connectivity index (χ0v) is 8.19. The molecule has 3 nitrogen and oxygen atoms in total. The van der Waals surface area contributed by atoms with Crippen molar-refractivity contribution in [2.75, 3.05) is 19.8 Å². The summed E-state index contributed by atoms with van der Waals surface area (Å²) in [6.45, 7) is 0.729. The smallest absolute Gasteiger partial charge is 0.0607 e. The average Bonchev–Trinajstić information content (AvgIpc) is 2.26. The average molecular weight is 195 g/mol. The van der Waals surface area contributed by atoms with Crippen molar-refractivity contribution in [2.45, 2.75) is 12.5 Å². The molecule has 0 radical (unpaired) electrons. The van der Waals surface area contributed by atoms with Crippen LogP contribution < -0.4 is 5.32 Å². The maximum atomic E-state index is 8.80. The molecule has 1 aromatic carbocycles. The Bertz CT molecular complexity index is 234. The number of benzene rings is 1. The van der Waals surface area contributed by atoms with Crippen molar-refractivity contribution in [3.8, 4) is 0 Å². The van der Waals surface area contributed by atoms with Crippen molar-refractivity contribution in [1.29, 1.82) is 0 Å². The lowest BCUT2D eigenvalue weighted by atomic mass is 10.1. The fraction of sp³-hybridized carbons (Fsp3) is 0.455. The SMILES string of the molecule is OCC(CO)NCCc1ccccc1. The van der Waals surface area contributed by atoms with Gasteiger partial charge in [-0.1, -0.05) is 30.3 Å². The van der Waals surface area contributed by atoms with Gasteiger partial charge in [-0.2, -0.15) is 0 Å². The summed E-state index contributed by atoms with van der Waals surface area (Å²) < 4.78 is 0. The summed E-state index contributed by atoms with van der Waals surface area (Å²) in [7, 11) is 0. The van der Waals surface area contributed by atoms with Gasteiger partial charge in [0.05, 0.1) is 19.3 Å². The Morgan fingerprint density at radius 3 is 2.29 bits per heavy atom. The molecule has 1 aromatic rings. The third kappa shape index (κ3) is 3.87. The van der Waals surface area contributed by atoms with Crippen LogP contribution in [0, 0.1) is 0 Å². The number of hydrogen-bond donors (Lipinski definition) is 3. The summed E-state index contributed by atoms with van der Waals surface area (Å²) in [5, 5.41) is 20.7. The summed E-state index contributed by atoms with van der Waals surface area (Å²) in [5.41, 5.74) is 1.26. The van der Waals surface area contributed by atoms with Crippen molar-refractivity contribution in [1.82, 2.24) is 5.32 Å². The highest BCUT2D eigenvalue weighted by Gasteiger charge is 2.02. The van der Waals surface area contributed by atoms with Crippen molar-refractivity contribution in [2.24, 2.45) is 0 Å². The van der Waals surface area contributed by atoms with Crippen LogP contribution in [0.25, 0.3) is 0 Å². The molecule has 0 saturated heterocycles. The molecular weight excluding hydrogens is 178 g/mol. The lowest BCUT2D eigenvalue weighted by Gasteiger charge is -2.12. The Morgan fingerprint density at radius 2 is 1.71 bits per heavy atom. The third-order valence-electron chi connectivity index (χ3n) is 2.13. The highest BCUT2D eigenvalue weighted by atomic mass is 16.3. The van der Waals surface area contributed by atoms with E-state index in [4.69, 9.17) is 10.2 Å². The van der Waals surface area contributed by atoms with Gasteiger partial charge in [-0.3, -0.25) is 0 Å².